The predicted octanol–water partition coefficient (Wildman–Crippen LogP) is 0.262. The summed E-state index contributed by atoms with van der Waals surface area (Å²) in [6.45, 7) is 5.54. The second-order valence-corrected chi connectivity index (χ2v) is 5.79. The maximum absolute atomic E-state index is 12.0. The van der Waals surface area contributed by atoms with Gasteiger partial charge in [0.15, 0.2) is 0 Å². The smallest absolute Gasteiger partial charge is 0.220 e. The van der Waals surface area contributed by atoms with Gasteiger partial charge in [-0.2, -0.15) is 0 Å². The second kappa shape index (κ2) is 7.82. The summed E-state index contributed by atoms with van der Waals surface area (Å²) in [5.74, 6) is 0.779. The van der Waals surface area contributed by atoms with E-state index in [0.29, 0.717) is 24.7 Å². The molecule has 0 radical (unpaired) electrons. The Morgan fingerprint density at radius 3 is 2.63 bits per heavy atom. The number of hydrogen-bond acceptors (Lipinski definition) is 4. The van der Waals surface area contributed by atoms with Crippen LogP contribution in [0.2, 0.25) is 0 Å². The first kappa shape index (κ1) is 16.4. The van der Waals surface area contributed by atoms with Crippen LogP contribution in [-0.4, -0.2) is 48.0 Å². The van der Waals surface area contributed by atoms with Crippen molar-refractivity contribution in [2.24, 2.45) is 11.8 Å². The van der Waals surface area contributed by atoms with Crippen molar-refractivity contribution >= 4 is 5.91 Å². The number of nitrogens with one attached hydrogen (secondary N) is 2. The summed E-state index contributed by atoms with van der Waals surface area (Å²) in [5, 5.41) is 24.8. The highest BCUT2D eigenvalue weighted by atomic mass is 16.3. The van der Waals surface area contributed by atoms with Crippen LogP contribution >= 0.6 is 0 Å². The highest BCUT2D eigenvalue weighted by molar-refractivity contribution is 5.77. The van der Waals surface area contributed by atoms with Crippen molar-refractivity contribution in [1.29, 1.82) is 0 Å². The van der Waals surface area contributed by atoms with Gasteiger partial charge < -0.3 is 20.8 Å². The SMILES string of the molecule is CCC(CO)(CO)NC(=O)CC(C)C1CCCNC1. The Morgan fingerprint density at radius 1 is 1.47 bits per heavy atom. The van der Waals surface area contributed by atoms with E-state index in [0.717, 1.165) is 13.1 Å². The van der Waals surface area contributed by atoms with Gasteiger partial charge in [-0.1, -0.05) is 13.8 Å². The minimum Gasteiger partial charge on any atom is -0.394 e. The van der Waals surface area contributed by atoms with E-state index in [2.05, 4.69) is 17.6 Å². The summed E-state index contributed by atoms with van der Waals surface area (Å²) in [4.78, 5) is 12.0. The maximum atomic E-state index is 12.0. The molecule has 0 aromatic carbocycles. The van der Waals surface area contributed by atoms with Crippen molar-refractivity contribution < 1.29 is 15.0 Å². The molecular formula is C14H28N2O3. The molecule has 1 saturated heterocycles. The fourth-order valence-electron chi connectivity index (χ4n) is 2.61. The molecule has 19 heavy (non-hydrogen) atoms. The number of aliphatic hydroxyl groups is 2. The molecule has 112 valence electrons. The van der Waals surface area contributed by atoms with Crippen LogP contribution in [0.25, 0.3) is 0 Å². The fraction of sp³-hybridized carbons (Fsp3) is 0.929. The highest BCUT2D eigenvalue weighted by Crippen LogP contribution is 2.22. The Kier molecular flexibility index (Phi) is 6.75. The van der Waals surface area contributed by atoms with Crippen molar-refractivity contribution in [2.75, 3.05) is 26.3 Å². The molecule has 1 amide bonds. The average Bonchev–Trinajstić information content (AvgIpc) is 2.46. The van der Waals surface area contributed by atoms with E-state index < -0.39 is 5.54 Å². The molecule has 5 heteroatoms. The first-order valence-corrected chi connectivity index (χ1v) is 7.30. The average molecular weight is 272 g/mol. The van der Waals surface area contributed by atoms with Crippen LogP contribution in [0.4, 0.5) is 0 Å². The maximum Gasteiger partial charge on any atom is 0.220 e. The topological polar surface area (TPSA) is 81.6 Å². The summed E-state index contributed by atoms with van der Waals surface area (Å²) in [5.41, 5.74) is -0.873. The third kappa shape index (κ3) is 4.75. The highest BCUT2D eigenvalue weighted by Gasteiger charge is 2.30. The van der Waals surface area contributed by atoms with E-state index in [9.17, 15) is 15.0 Å². The van der Waals surface area contributed by atoms with Gasteiger partial charge in [0, 0.05) is 6.42 Å². The molecule has 4 N–H and O–H groups in total. The minimum atomic E-state index is -0.873. The quantitative estimate of drug-likeness (QED) is 0.536. The standard InChI is InChI=1S/C14H28N2O3/c1-3-14(9-17,10-18)16-13(19)7-11(2)12-5-4-6-15-8-12/h11-12,15,17-18H,3-10H2,1-2H3,(H,16,19). The lowest BCUT2D eigenvalue weighted by atomic mass is 9.85. The summed E-state index contributed by atoms with van der Waals surface area (Å²) < 4.78 is 0. The fourth-order valence-corrected chi connectivity index (χ4v) is 2.61. The molecule has 0 spiro atoms. The van der Waals surface area contributed by atoms with E-state index in [-0.39, 0.29) is 19.1 Å². The van der Waals surface area contributed by atoms with E-state index in [1.165, 1.54) is 12.8 Å². The molecule has 1 aliphatic rings. The van der Waals surface area contributed by atoms with Gasteiger partial charge in [-0.15, -0.1) is 0 Å². The minimum absolute atomic E-state index is 0.0805. The number of hydrogen-bond donors (Lipinski definition) is 4. The monoisotopic (exact) mass is 272 g/mol. The molecule has 0 bridgehead atoms. The number of carbonyl (C=O) groups is 1. The Morgan fingerprint density at radius 2 is 2.16 bits per heavy atom. The number of aliphatic hydroxyl groups excluding tert-OH is 2. The number of piperidine rings is 1. The van der Waals surface area contributed by atoms with E-state index >= 15 is 0 Å². The second-order valence-electron chi connectivity index (χ2n) is 5.79. The van der Waals surface area contributed by atoms with E-state index in [1.54, 1.807) is 0 Å². The van der Waals surface area contributed by atoms with Crippen molar-refractivity contribution in [3.8, 4) is 0 Å². The molecule has 0 aromatic heterocycles. The van der Waals surface area contributed by atoms with Gasteiger partial charge in [0.2, 0.25) is 5.91 Å². The molecular weight excluding hydrogens is 244 g/mol. The predicted molar refractivity (Wildman–Crippen MR) is 74.7 cm³/mol. The van der Waals surface area contributed by atoms with Gasteiger partial charge in [-0.25, -0.2) is 0 Å². The van der Waals surface area contributed by atoms with Gasteiger partial charge in [0.05, 0.1) is 18.8 Å². The van der Waals surface area contributed by atoms with Crippen molar-refractivity contribution in [3.05, 3.63) is 0 Å². The van der Waals surface area contributed by atoms with Crippen LogP contribution in [0.15, 0.2) is 0 Å². The number of amides is 1. The van der Waals surface area contributed by atoms with Crippen LogP contribution in [0.1, 0.15) is 39.5 Å². The lowest BCUT2D eigenvalue weighted by Gasteiger charge is -2.32. The molecule has 2 unspecified atom stereocenters. The molecule has 1 rings (SSSR count). The summed E-state index contributed by atoms with van der Waals surface area (Å²) >= 11 is 0. The summed E-state index contributed by atoms with van der Waals surface area (Å²) in [6.07, 6.45) is 3.31. The van der Waals surface area contributed by atoms with Crippen LogP contribution in [0.3, 0.4) is 0 Å². The molecule has 0 saturated carbocycles. The summed E-state index contributed by atoms with van der Waals surface area (Å²) in [7, 11) is 0. The van der Waals surface area contributed by atoms with Gasteiger partial charge in [0.25, 0.3) is 0 Å². The lowest BCUT2D eigenvalue weighted by Crippen LogP contribution is -2.54. The van der Waals surface area contributed by atoms with Gasteiger partial charge in [-0.05, 0) is 44.2 Å². The van der Waals surface area contributed by atoms with Gasteiger partial charge in [-0.3, -0.25) is 4.79 Å². The Hall–Kier alpha value is -0.650. The number of rotatable bonds is 7. The first-order valence-electron chi connectivity index (χ1n) is 7.30. The van der Waals surface area contributed by atoms with Gasteiger partial charge in [0.1, 0.15) is 0 Å². The van der Waals surface area contributed by atoms with Crippen LogP contribution in [-0.2, 0) is 4.79 Å². The lowest BCUT2D eigenvalue weighted by molar-refractivity contribution is -0.125. The zero-order valence-corrected chi connectivity index (χ0v) is 12.1. The summed E-state index contributed by atoms with van der Waals surface area (Å²) in [6, 6.07) is 0. The Labute approximate surface area is 115 Å². The largest absolute Gasteiger partial charge is 0.394 e. The zero-order chi connectivity index (χ0) is 14.3. The third-order valence-corrected chi connectivity index (χ3v) is 4.33. The van der Waals surface area contributed by atoms with Crippen LogP contribution < -0.4 is 10.6 Å². The van der Waals surface area contributed by atoms with Crippen molar-refractivity contribution in [2.45, 2.75) is 45.1 Å². The molecule has 5 nitrogen and oxygen atoms in total. The first-order chi connectivity index (χ1) is 9.06. The molecule has 0 aliphatic carbocycles. The molecule has 0 aromatic rings. The van der Waals surface area contributed by atoms with Crippen LogP contribution in [0.5, 0.6) is 0 Å². The molecule has 1 fully saturated rings. The molecule has 2 atom stereocenters. The van der Waals surface area contributed by atoms with E-state index in [4.69, 9.17) is 0 Å². The molecule has 1 aliphatic heterocycles. The third-order valence-electron chi connectivity index (χ3n) is 4.33. The Bertz CT molecular complexity index is 266. The van der Waals surface area contributed by atoms with E-state index in [1.807, 2.05) is 6.92 Å². The Balaban J connectivity index is 2.44. The van der Waals surface area contributed by atoms with Crippen LogP contribution in [0, 0.1) is 11.8 Å². The van der Waals surface area contributed by atoms with Crippen molar-refractivity contribution in [3.63, 3.8) is 0 Å². The zero-order valence-electron chi connectivity index (χ0n) is 12.1. The molecule has 1 heterocycles. The number of carbonyl (C=O) groups excluding carboxylic acids is 1. The van der Waals surface area contributed by atoms with Gasteiger partial charge >= 0.3 is 0 Å². The van der Waals surface area contributed by atoms with Crippen molar-refractivity contribution in [1.82, 2.24) is 10.6 Å². The normalized spacial score (nSPS) is 22.0.